The summed E-state index contributed by atoms with van der Waals surface area (Å²) in [6.07, 6.45) is 0. The molecule has 0 saturated heterocycles. The SMILES string of the molecule is CC(C)(C)c1ccc(N(c2cccc(-c3cccc4c3C(C)(C)c3ccccc3-4)c2)c2ccc3c(c2)C(C)(c2ccccc2)c2ccccc2-3)cc1. The van der Waals surface area contributed by atoms with Gasteiger partial charge >= 0.3 is 0 Å². The van der Waals surface area contributed by atoms with Crippen LogP contribution in [0, 0.1) is 0 Å². The standard InChI is InChI=1S/C51H45N/c1-49(2,3)35-26-28-37(29-27-35)52(39-30-31-43-41-20-11-13-25-46(41)51(6,47(43)33-39)36-17-8-7-9-18-36)38-19-14-16-34(32-38)40-22-15-23-44-42-21-10-12-24-45(42)50(4,5)48(40)44/h7-33H,1-6H3. The largest absolute Gasteiger partial charge is 0.310 e. The van der Waals surface area contributed by atoms with Gasteiger partial charge in [-0.05, 0) is 115 Å². The number of hydrogen-bond donors (Lipinski definition) is 0. The van der Waals surface area contributed by atoms with Crippen LogP contribution in [0.2, 0.25) is 0 Å². The molecule has 0 aliphatic heterocycles. The van der Waals surface area contributed by atoms with Crippen molar-refractivity contribution in [1.82, 2.24) is 0 Å². The summed E-state index contributed by atoms with van der Waals surface area (Å²) in [6, 6.07) is 61.2. The van der Waals surface area contributed by atoms with Crippen molar-refractivity contribution < 1.29 is 0 Å². The molecule has 0 aromatic heterocycles. The second-order valence-corrected chi connectivity index (χ2v) is 16.3. The Kier molecular flexibility index (Phi) is 7.25. The fraction of sp³-hybridized carbons (Fsp3) is 0.176. The molecule has 1 nitrogen and oxygen atoms in total. The number of rotatable bonds is 5. The number of hydrogen-bond acceptors (Lipinski definition) is 1. The third-order valence-electron chi connectivity index (χ3n) is 11.9. The van der Waals surface area contributed by atoms with E-state index < -0.39 is 0 Å². The quantitative estimate of drug-likeness (QED) is 0.176. The van der Waals surface area contributed by atoms with Crippen LogP contribution < -0.4 is 4.90 Å². The normalized spacial score (nSPS) is 16.5. The number of anilines is 3. The molecule has 2 aliphatic rings. The predicted molar refractivity (Wildman–Crippen MR) is 220 cm³/mol. The van der Waals surface area contributed by atoms with E-state index in [-0.39, 0.29) is 16.2 Å². The first-order valence-corrected chi connectivity index (χ1v) is 18.6. The van der Waals surface area contributed by atoms with Crippen LogP contribution >= 0.6 is 0 Å². The predicted octanol–water partition coefficient (Wildman–Crippen LogP) is 13.8. The van der Waals surface area contributed by atoms with Gasteiger partial charge in [-0.15, -0.1) is 0 Å². The number of fused-ring (bicyclic) bond motifs is 6. The maximum Gasteiger partial charge on any atom is 0.0467 e. The summed E-state index contributed by atoms with van der Waals surface area (Å²) in [5, 5.41) is 0. The van der Waals surface area contributed by atoms with Gasteiger partial charge in [0.25, 0.3) is 0 Å². The second-order valence-electron chi connectivity index (χ2n) is 16.3. The van der Waals surface area contributed by atoms with Crippen LogP contribution in [0.5, 0.6) is 0 Å². The highest BCUT2D eigenvalue weighted by Gasteiger charge is 2.41. The minimum atomic E-state index is -0.280. The molecule has 1 heteroatoms. The molecule has 1 unspecified atom stereocenters. The monoisotopic (exact) mass is 671 g/mol. The molecule has 7 aromatic rings. The smallest absolute Gasteiger partial charge is 0.0467 e. The van der Waals surface area contributed by atoms with Crippen LogP contribution in [0.25, 0.3) is 33.4 Å². The minimum Gasteiger partial charge on any atom is -0.310 e. The lowest BCUT2D eigenvalue weighted by Gasteiger charge is -2.31. The molecule has 0 amide bonds. The van der Waals surface area contributed by atoms with Crippen molar-refractivity contribution in [3.8, 4) is 33.4 Å². The second kappa shape index (κ2) is 11.7. The molecule has 0 spiro atoms. The number of benzene rings is 7. The lowest BCUT2D eigenvalue weighted by Crippen LogP contribution is -2.22. The lowest BCUT2D eigenvalue weighted by molar-refractivity contribution is 0.590. The Bertz CT molecular complexity index is 2480. The van der Waals surface area contributed by atoms with Gasteiger partial charge in [-0.3, -0.25) is 0 Å². The molecule has 2 aliphatic carbocycles. The van der Waals surface area contributed by atoms with Crippen molar-refractivity contribution in [2.45, 2.75) is 57.8 Å². The number of nitrogens with zero attached hydrogens (tertiary/aromatic N) is 1. The maximum atomic E-state index is 2.45. The minimum absolute atomic E-state index is 0.0676. The zero-order valence-corrected chi connectivity index (χ0v) is 31.0. The molecule has 0 fully saturated rings. The van der Waals surface area contributed by atoms with Crippen molar-refractivity contribution in [2.75, 3.05) is 4.90 Å². The summed E-state index contributed by atoms with van der Waals surface area (Å²) in [5.74, 6) is 0. The van der Waals surface area contributed by atoms with Gasteiger partial charge in [0, 0.05) is 27.9 Å². The molecule has 9 rings (SSSR count). The summed E-state index contributed by atoms with van der Waals surface area (Å²) >= 11 is 0. The Morgan fingerprint density at radius 3 is 1.71 bits per heavy atom. The molecule has 254 valence electrons. The highest BCUT2D eigenvalue weighted by atomic mass is 15.1. The molecular formula is C51H45N. The van der Waals surface area contributed by atoms with E-state index >= 15 is 0 Å². The molecule has 0 N–H and O–H groups in total. The van der Waals surface area contributed by atoms with E-state index in [9.17, 15) is 0 Å². The van der Waals surface area contributed by atoms with Gasteiger partial charge < -0.3 is 4.90 Å². The van der Waals surface area contributed by atoms with E-state index in [1.165, 1.54) is 66.8 Å². The molecule has 1 atom stereocenters. The first-order valence-electron chi connectivity index (χ1n) is 18.6. The molecule has 52 heavy (non-hydrogen) atoms. The Morgan fingerprint density at radius 2 is 0.981 bits per heavy atom. The van der Waals surface area contributed by atoms with Crippen LogP contribution in [0.4, 0.5) is 17.1 Å². The molecular weight excluding hydrogens is 627 g/mol. The first-order chi connectivity index (χ1) is 25.1. The maximum absolute atomic E-state index is 2.45. The molecule has 0 heterocycles. The molecule has 0 saturated carbocycles. The van der Waals surface area contributed by atoms with Crippen LogP contribution in [0.1, 0.15) is 74.9 Å². The Labute approximate surface area is 309 Å². The zero-order valence-electron chi connectivity index (χ0n) is 31.0. The highest BCUT2D eigenvalue weighted by Crippen LogP contribution is 2.55. The van der Waals surface area contributed by atoms with Gasteiger partial charge in [0.1, 0.15) is 0 Å². The van der Waals surface area contributed by atoms with E-state index in [0.717, 1.165) is 17.1 Å². The average Bonchev–Trinajstić information content (AvgIpc) is 3.57. The van der Waals surface area contributed by atoms with Crippen LogP contribution in [0.3, 0.4) is 0 Å². The average molecular weight is 672 g/mol. The third-order valence-corrected chi connectivity index (χ3v) is 11.9. The van der Waals surface area contributed by atoms with Gasteiger partial charge in [-0.1, -0.05) is 162 Å². The third kappa shape index (κ3) is 4.83. The Balaban J connectivity index is 1.23. The van der Waals surface area contributed by atoms with Crippen molar-refractivity contribution in [3.63, 3.8) is 0 Å². The van der Waals surface area contributed by atoms with Crippen molar-refractivity contribution in [2.24, 2.45) is 0 Å². The van der Waals surface area contributed by atoms with Gasteiger partial charge in [-0.25, -0.2) is 0 Å². The first kappa shape index (κ1) is 32.3. The lowest BCUT2D eigenvalue weighted by atomic mass is 9.74. The van der Waals surface area contributed by atoms with E-state index in [1.807, 2.05) is 0 Å². The van der Waals surface area contributed by atoms with E-state index in [1.54, 1.807) is 0 Å². The van der Waals surface area contributed by atoms with Gasteiger partial charge in [0.15, 0.2) is 0 Å². The fourth-order valence-electron chi connectivity index (χ4n) is 9.16. The van der Waals surface area contributed by atoms with Crippen molar-refractivity contribution in [1.29, 1.82) is 0 Å². The van der Waals surface area contributed by atoms with E-state index in [4.69, 9.17) is 0 Å². The molecule has 0 radical (unpaired) electrons. The van der Waals surface area contributed by atoms with Gasteiger partial charge in [-0.2, -0.15) is 0 Å². The fourth-order valence-corrected chi connectivity index (χ4v) is 9.16. The van der Waals surface area contributed by atoms with Crippen molar-refractivity contribution >= 4 is 17.1 Å². The summed E-state index contributed by atoms with van der Waals surface area (Å²) in [6.45, 7) is 14.0. The van der Waals surface area contributed by atoms with Gasteiger partial charge in [0.2, 0.25) is 0 Å². The summed E-state index contributed by atoms with van der Waals surface area (Å²) < 4.78 is 0. The van der Waals surface area contributed by atoms with Crippen LogP contribution in [-0.4, -0.2) is 0 Å². The van der Waals surface area contributed by atoms with E-state index in [2.05, 4.69) is 210 Å². The molecule has 0 bridgehead atoms. The topological polar surface area (TPSA) is 3.24 Å². The highest BCUT2D eigenvalue weighted by molar-refractivity contribution is 5.91. The Hall–Kier alpha value is -5.66. The van der Waals surface area contributed by atoms with Crippen LogP contribution in [0.15, 0.2) is 164 Å². The van der Waals surface area contributed by atoms with E-state index in [0.29, 0.717) is 0 Å². The zero-order chi connectivity index (χ0) is 35.8. The summed E-state index contributed by atoms with van der Waals surface area (Å²) in [7, 11) is 0. The van der Waals surface area contributed by atoms with Gasteiger partial charge in [0.05, 0.1) is 0 Å². The van der Waals surface area contributed by atoms with Crippen molar-refractivity contribution in [3.05, 3.63) is 197 Å². The summed E-state index contributed by atoms with van der Waals surface area (Å²) in [5.41, 5.74) is 19.1. The Morgan fingerprint density at radius 1 is 0.423 bits per heavy atom. The molecule has 7 aromatic carbocycles. The summed E-state index contributed by atoms with van der Waals surface area (Å²) in [4.78, 5) is 2.45. The van der Waals surface area contributed by atoms with Crippen LogP contribution in [-0.2, 0) is 16.2 Å².